The first-order chi connectivity index (χ1) is 28.7. The van der Waals surface area contributed by atoms with E-state index in [0.29, 0.717) is 33.9 Å². The third-order valence-corrected chi connectivity index (χ3v) is 12.6. The molecule has 2 aromatic carbocycles. The Hall–Kier alpha value is -5.59. The summed E-state index contributed by atoms with van der Waals surface area (Å²) >= 11 is 18.8. The van der Waals surface area contributed by atoms with Gasteiger partial charge in [-0.25, -0.2) is 9.97 Å². The number of benzene rings is 2. The second-order valence-corrected chi connectivity index (χ2v) is 16.1. The van der Waals surface area contributed by atoms with Crippen molar-refractivity contribution < 1.29 is 55.4 Å². The van der Waals surface area contributed by atoms with Gasteiger partial charge >= 0.3 is 12.4 Å². The van der Waals surface area contributed by atoms with E-state index in [1.54, 1.807) is 12.1 Å². The highest BCUT2D eigenvalue weighted by Crippen LogP contribution is 2.64. The van der Waals surface area contributed by atoms with E-state index in [1.165, 1.54) is 43.5 Å². The summed E-state index contributed by atoms with van der Waals surface area (Å²) in [6.07, 6.45) is -7.91. The molecule has 12 nitrogen and oxygen atoms in total. The maximum Gasteiger partial charge on any atom is 0.433 e. The number of aromatic hydroxyl groups is 1. The maximum absolute atomic E-state index is 15.3. The molecule has 1 saturated carbocycles. The van der Waals surface area contributed by atoms with Gasteiger partial charge in [0, 0.05) is 24.2 Å². The molecule has 0 spiro atoms. The van der Waals surface area contributed by atoms with Gasteiger partial charge in [0.1, 0.15) is 5.69 Å². The summed E-state index contributed by atoms with van der Waals surface area (Å²) in [6.45, 7) is 0. The van der Waals surface area contributed by atoms with Crippen LogP contribution in [0.3, 0.4) is 0 Å². The first-order valence-corrected chi connectivity index (χ1v) is 19.4. The van der Waals surface area contributed by atoms with Crippen LogP contribution >= 0.6 is 34.8 Å². The Balaban J connectivity index is 1.28. The lowest BCUT2D eigenvalue weighted by Crippen LogP contribution is -2.53. The highest BCUT2D eigenvalue weighted by Gasteiger charge is 2.70. The number of nitrogens with one attached hydrogen (secondary N) is 1. The number of hydrazine groups is 2. The van der Waals surface area contributed by atoms with Crippen molar-refractivity contribution in [1.82, 2.24) is 20.0 Å². The number of carbonyl (C=O) groups excluding carboxylic acids is 4. The summed E-state index contributed by atoms with van der Waals surface area (Å²) in [5.41, 5.74) is -0.954. The molecule has 2 aromatic heterocycles. The molecule has 2 N–H and O–H groups in total. The number of hydrogen-bond acceptors (Lipinski definition) is 10. The molecule has 4 heterocycles. The van der Waals surface area contributed by atoms with E-state index >= 15 is 4.79 Å². The summed E-state index contributed by atoms with van der Waals surface area (Å²) < 4.78 is 87.0. The Morgan fingerprint density at radius 3 is 2.21 bits per heavy atom. The number of pyridine rings is 2. The molecule has 4 amide bonds. The molecule has 2 aliphatic heterocycles. The van der Waals surface area contributed by atoms with Crippen molar-refractivity contribution >= 4 is 70.1 Å². The normalized spacial score (nSPS) is 25.0. The molecular weight excluding hydrogens is 881 g/mol. The van der Waals surface area contributed by atoms with Crippen LogP contribution in [0.4, 0.5) is 38.0 Å². The second-order valence-electron chi connectivity index (χ2n) is 14.9. The monoisotopic (exact) mass is 908 g/mol. The average molecular weight is 910 g/mol. The van der Waals surface area contributed by atoms with Gasteiger partial charge in [-0.1, -0.05) is 64.7 Å². The Morgan fingerprint density at radius 1 is 0.885 bits per heavy atom. The average Bonchev–Trinajstić information content (AvgIpc) is 3.58. The third kappa shape index (κ3) is 6.61. The molecule has 4 aliphatic rings. The fourth-order valence-corrected chi connectivity index (χ4v) is 9.80. The summed E-state index contributed by atoms with van der Waals surface area (Å²) in [6, 6.07) is 12.5. The minimum atomic E-state index is -4.89. The second kappa shape index (κ2) is 14.8. The van der Waals surface area contributed by atoms with Gasteiger partial charge in [-0.2, -0.15) is 36.4 Å². The minimum Gasteiger partial charge on any atom is -0.504 e. The van der Waals surface area contributed by atoms with Crippen molar-refractivity contribution in [2.24, 2.45) is 23.7 Å². The van der Waals surface area contributed by atoms with E-state index in [4.69, 9.17) is 39.5 Å². The highest BCUT2D eigenvalue weighted by atomic mass is 35.5. The predicted octanol–water partition coefficient (Wildman–Crippen LogP) is 8.22. The number of hydrogen-bond donors (Lipinski definition) is 2. The summed E-state index contributed by atoms with van der Waals surface area (Å²) in [5.74, 6) is -10.6. The van der Waals surface area contributed by atoms with Crippen LogP contribution in [0.25, 0.3) is 0 Å². The molecule has 4 aromatic rings. The lowest BCUT2D eigenvalue weighted by Gasteiger charge is -2.50. The van der Waals surface area contributed by atoms with Crippen molar-refractivity contribution in [2.75, 3.05) is 24.6 Å². The fourth-order valence-electron chi connectivity index (χ4n) is 9.23. The number of fused-ring (bicyclic) bond motifs is 4. The van der Waals surface area contributed by atoms with E-state index in [2.05, 4.69) is 15.4 Å². The highest BCUT2D eigenvalue weighted by molar-refractivity contribution is 6.33. The number of imide groups is 2. The number of alkyl halides is 6. The van der Waals surface area contributed by atoms with Crippen LogP contribution in [0.2, 0.25) is 15.1 Å². The van der Waals surface area contributed by atoms with Crippen molar-refractivity contribution in [3.63, 3.8) is 0 Å². The van der Waals surface area contributed by atoms with E-state index < -0.39 is 98.9 Å². The maximum atomic E-state index is 15.3. The molecule has 2 saturated heterocycles. The molecule has 61 heavy (non-hydrogen) atoms. The van der Waals surface area contributed by atoms with Crippen molar-refractivity contribution in [1.29, 1.82) is 0 Å². The number of aromatic nitrogens is 2. The van der Waals surface area contributed by atoms with Crippen molar-refractivity contribution in [3.8, 4) is 11.5 Å². The van der Waals surface area contributed by atoms with Gasteiger partial charge < -0.3 is 9.84 Å². The number of ether oxygens (including phenoxy) is 1. The molecule has 8 rings (SSSR count). The standard InChI is InChI=1S/C40H29Cl3F6N6O6/c1-53(33-25(42)10-12-29(51-33)40(47,48)49)55-34(57)22-9-8-21-23(30(22)36(55)59)15-24-35(58)54(52-32-26(43)14-19(16-50-32)39(44,45)46)37(60)38(24,18-4-6-20(41)7-5-18)31(21)17-3-11-28(61-2)27(56)13-17/h3-8,10-14,16,22-24,30-31,56H,9,15H2,1-2H3,(H,50,52). The Bertz CT molecular complexity index is 2560. The number of anilines is 2. The quantitative estimate of drug-likeness (QED) is 0.106. The van der Waals surface area contributed by atoms with Gasteiger partial charge in [0.15, 0.2) is 23.1 Å². The van der Waals surface area contributed by atoms with Gasteiger partial charge in [0.2, 0.25) is 0 Å². The number of amides is 4. The third-order valence-electron chi connectivity index (χ3n) is 11.8. The van der Waals surface area contributed by atoms with E-state index in [0.717, 1.165) is 18.1 Å². The first kappa shape index (κ1) is 42.1. The number of halogens is 9. The topological polar surface area (TPSA) is 145 Å². The molecule has 0 radical (unpaired) electrons. The number of phenols is 1. The van der Waals surface area contributed by atoms with E-state index in [-0.39, 0.29) is 45.5 Å². The fraction of sp³-hybridized carbons (Fsp3) is 0.300. The smallest absolute Gasteiger partial charge is 0.433 e. The van der Waals surface area contributed by atoms with Gasteiger partial charge in [-0.15, -0.1) is 0 Å². The Labute approximate surface area is 356 Å². The van der Waals surface area contributed by atoms with Crippen molar-refractivity contribution in [2.45, 2.75) is 36.5 Å². The molecule has 0 bridgehead atoms. The van der Waals surface area contributed by atoms with Crippen LogP contribution in [0.15, 0.2) is 78.5 Å². The number of nitrogens with zero attached hydrogens (tertiary/aromatic N) is 5. The number of rotatable bonds is 7. The van der Waals surface area contributed by atoms with Crippen LogP contribution < -0.4 is 15.2 Å². The molecule has 318 valence electrons. The minimum absolute atomic E-state index is 0.0585. The van der Waals surface area contributed by atoms with E-state index in [9.17, 15) is 45.8 Å². The van der Waals surface area contributed by atoms with Crippen LogP contribution in [0.5, 0.6) is 11.5 Å². The largest absolute Gasteiger partial charge is 0.504 e. The van der Waals surface area contributed by atoms with Crippen LogP contribution in [-0.2, 0) is 36.9 Å². The zero-order chi connectivity index (χ0) is 44.1. The van der Waals surface area contributed by atoms with E-state index in [1.807, 2.05) is 0 Å². The molecule has 3 fully saturated rings. The Morgan fingerprint density at radius 2 is 1.59 bits per heavy atom. The molecule has 2 aliphatic carbocycles. The number of methoxy groups -OCH3 is 1. The van der Waals surface area contributed by atoms with Crippen molar-refractivity contribution in [3.05, 3.63) is 116 Å². The number of carbonyl (C=O) groups is 4. The lowest BCUT2D eigenvalue weighted by molar-refractivity contribution is -0.142. The summed E-state index contributed by atoms with van der Waals surface area (Å²) in [4.78, 5) is 66.5. The van der Waals surface area contributed by atoms with Gasteiger partial charge in [0.25, 0.3) is 23.6 Å². The SMILES string of the molecule is COc1ccc(C2C3=CCC4C(=O)N(N(C)c5nc(C(F)(F)F)ccc5Cl)C(=O)C4C3CC3C(=O)N(Nc4ncc(C(F)(F)F)cc4Cl)C(=O)C32c2ccc(Cl)cc2)cc1O. The summed E-state index contributed by atoms with van der Waals surface area (Å²) in [5, 5.41) is 12.6. The molecule has 6 unspecified atom stereocenters. The van der Waals surface area contributed by atoms with Crippen LogP contribution in [0.1, 0.15) is 41.1 Å². The predicted molar refractivity (Wildman–Crippen MR) is 206 cm³/mol. The number of phenolic OH excluding ortho intramolecular Hbond substituents is 1. The summed E-state index contributed by atoms with van der Waals surface area (Å²) in [7, 11) is 2.48. The van der Waals surface area contributed by atoms with Gasteiger partial charge in [0.05, 0.1) is 45.9 Å². The van der Waals surface area contributed by atoms with Crippen LogP contribution in [0, 0.1) is 23.7 Å². The zero-order valence-corrected chi connectivity index (χ0v) is 33.6. The molecular formula is C40H29Cl3F6N6O6. The Kier molecular flexibility index (Phi) is 10.2. The molecule has 6 atom stereocenters. The molecule has 21 heteroatoms. The van der Waals surface area contributed by atoms with Gasteiger partial charge in [-0.05, 0) is 72.4 Å². The number of allylic oxidation sites excluding steroid dienone is 2. The van der Waals surface area contributed by atoms with Crippen LogP contribution in [-0.4, -0.2) is 62.9 Å². The zero-order valence-electron chi connectivity index (χ0n) is 31.4. The first-order valence-electron chi connectivity index (χ1n) is 18.3. The lowest BCUT2D eigenvalue weighted by atomic mass is 9.49. The van der Waals surface area contributed by atoms with Gasteiger partial charge in [-0.3, -0.25) is 29.6 Å².